The summed E-state index contributed by atoms with van der Waals surface area (Å²) in [6.45, 7) is 7.15. The first-order valence-electron chi connectivity index (χ1n) is 6.23. The van der Waals surface area contributed by atoms with Gasteiger partial charge in [0.2, 0.25) is 0 Å². The highest BCUT2D eigenvalue weighted by molar-refractivity contribution is 7.99. The van der Waals surface area contributed by atoms with Gasteiger partial charge in [-0.2, -0.15) is 11.8 Å². The normalized spacial score (nSPS) is 12.3. The standard InChI is InChI=1S/C12H23N5S/c1-5-6-10-15-11(14-7-8(2)18-4)9(3)12(16-10)17-13/h8H,5-7,13H2,1-4H3,(H2,14,15,16,17). The Morgan fingerprint density at radius 2 is 2.00 bits per heavy atom. The molecule has 0 fully saturated rings. The van der Waals surface area contributed by atoms with E-state index in [1.165, 1.54) is 0 Å². The summed E-state index contributed by atoms with van der Waals surface area (Å²) in [7, 11) is 0. The molecule has 0 radical (unpaired) electrons. The highest BCUT2D eigenvalue weighted by Gasteiger charge is 2.10. The van der Waals surface area contributed by atoms with E-state index < -0.39 is 0 Å². The Morgan fingerprint density at radius 3 is 2.56 bits per heavy atom. The summed E-state index contributed by atoms with van der Waals surface area (Å²) in [6.07, 6.45) is 3.99. The topological polar surface area (TPSA) is 75.9 Å². The molecule has 0 aromatic carbocycles. The van der Waals surface area contributed by atoms with Crippen molar-refractivity contribution in [3.8, 4) is 0 Å². The Hall–Kier alpha value is -1.01. The van der Waals surface area contributed by atoms with E-state index in [1.807, 2.05) is 18.7 Å². The van der Waals surface area contributed by atoms with E-state index in [9.17, 15) is 0 Å². The molecule has 1 unspecified atom stereocenters. The first-order chi connectivity index (χ1) is 8.62. The molecule has 0 spiro atoms. The Kier molecular flexibility index (Phi) is 6.21. The number of aryl methyl sites for hydroxylation is 1. The molecule has 1 aromatic rings. The largest absolute Gasteiger partial charge is 0.369 e. The molecule has 4 N–H and O–H groups in total. The van der Waals surface area contributed by atoms with Crippen molar-refractivity contribution in [2.24, 2.45) is 5.84 Å². The molecular formula is C12H23N5S. The maximum atomic E-state index is 5.49. The van der Waals surface area contributed by atoms with Crippen LogP contribution in [0.2, 0.25) is 0 Å². The predicted molar refractivity (Wildman–Crippen MR) is 80.0 cm³/mol. The first kappa shape index (κ1) is 15.0. The summed E-state index contributed by atoms with van der Waals surface area (Å²) < 4.78 is 0. The highest BCUT2D eigenvalue weighted by atomic mass is 32.2. The second-order valence-corrected chi connectivity index (χ2v) is 5.56. The molecule has 0 saturated heterocycles. The summed E-state index contributed by atoms with van der Waals surface area (Å²) in [5.41, 5.74) is 3.60. The van der Waals surface area contributed by atoms with Crippen molar-refractivity contribution in [3.05, 3.63) is 11.4 Å². The number of nitrogens with one attached hydrogen (secondary N) is 2. The molecule has 6 heteroatoms. The number of hydrogen-bond acceptors (Lipinski definition) is 6. The second-order valence-electron chi connectivity index (χ2n) is 4.28. The van der Waals surface area contributed by atoms with Crippen molar-refractivity contribution >= 4 is 23.4 Å². The second kappa shape index (κ2) is 7.43. The van der Waals surface area contributed by atoms with Gasteiger partial charge in [0.25, 0.3) is 0 Å². The SMILES string of the molecule is CCCc1nc(NN)c(C)c(NCC(C)SC)n1. The summed E-state index contributed by atoms with van der Waals surface area (Å²) in [4.78, 5) is 8.95. The van der Waals surface area contributed by atoms with Crippen molar-refractivity contribution in [2.45, 2.75) is 38.9 Å². The lowest BCUT2D eigenvalue weighted by molar-refractivity contribution is 0.829. The van der Waals surface area contributed by atoms with Crippen molar-refractivity contribution in [1.29, 1.82) is 0 Å². The van der Waals surface area contributed by atoms with E-state index in [-0.39, 0.29) is 0 Å². The van der Waals surface area contributed by atoms with E-state index >= 15 is 0 Å². The minimum atomic E-state index is 0.545. The van der Waals surface area contributed by atoms with Crippen LogP contribution in [0.25, 0.3) is 0 Å². The van der Waals surface area contributed by atoms with Gasteiger partial charge in [0.05, 0.1) is 0 Å². The third-order valence-corrected chi connectivity index (χ3v) is 3.73. The van der Waals surface area contributed by atoms with E-state index in [0.717, 1.165) is 36.6 Å². The van der Waals surface area contributed by atoms with Crippen molar-refractivity contribution < 1.29 is 0 Å². The average Bonchev–Trinajstić information content (AvgIpc) is 2.38. The van der Waals surface area contributed by atoms with Crippen molar-refractivity contribution in [2.75, 3.05) is 23.5 Å². The Morgan fingerprint density at radius 1 is 1.33 bits per heavy atom. The Labute approximate surface area is 113 Å². The van der Waals surface area contributed by atoms with Gasteiger partial charge in [-0.05, 0) is 19.6 Å². The van der Waals surface area contributed by atoms with E-state index in [2.05, 4.69) is 40.8 Å². The summed E-state index contributed by atoms with van der Waals surface area (Å²) in [6, 6.07) is 0. The molecule has 18 heavy (non-hydrogen) atoms. The van der Waals surface area contributed by atoms with Crippen LogP contribution in [0.3, 0.4) is 0 Å². The van der Waals surface area contributed by atoms with E-state index in [0.29, 0.717) is 11.1 Å². The van der Waals surface area contributed by atoms with Gasteiger partial charge in [0.15, 0.2) is 0 Å². The third kappa shape index (κ3) is 4.03. The molecule has 0 aliphatic carbocycles. The van der Waals surface area contributed by atoms with Crippen molar-refractivity contribution in [3.63, 3.8) is 0 Å². The van der Waals surface area contributed by atoms with Crippen LogP contribution in [-0.2, 0) is 6.42 Å². The van der Waals surface area contributed by atoms with Gasteiger partial charge >= 0.3 is 0 Å². The third-order valence-electron chi connectivity index (χ3n) is 2.76. The monoisotopic (exact) mass is 269 g/mol. The molecule has 0 amide bonds. The smallest absolute Gasteiger partial charge is 0.148 e. The maximum Gasteiger partial charge on any atom is 0.148 e. The molecule has 1 heterocycles. The number of aromatic nitrogens is 2. The maximum absolute atomic E-state index is 5.49. The average molecular weight is 269 g/mol. The number of nitrogens with two attached hydrogens (primary N) is 1. The van der Waals surface area contributed by atoms with Gasteiger partial charge in [-0.15, -0.1) is 0 Å². The molecule has 0 aliphatic heterocycles. The van der Waals surface area contributed by atoms with E-state index in [4.69, 9.17) is 5.84 Å². The molecule has 0 saturated carbocycles. The lowest BCUT2D eigenvalue weighted by Crippen LogP contribution is -2.18. The van der Waals surface area contributed by atoms with Gasteiger partial charge in [0.1, 0.15) is 17.5 Å². The molecule has 0 bridgehead atoms. The van der Waals surface area contributed by atoms with Crippen LogP contribution in [0.1, 0.15) is 31.7 Å². The molecule has 5 nitrogen and oxygen atoms in total. The fourth-order valence-electron chi connectivity index (χ4n) is 1.53. The summed E-state index contributed by atoms with van der Waals surface area (Å²) >= 11 is 1.83. The summed E-state index contributed by atoms with van der Waals surface area (Å²) in [5.74, 6) is 7.90. The predicted octanol–water partition coefficient (Wildman–Crippen LogP) is 2.19. The van der Waals surface area contributed by atoms with Crippen LogP contribution in [0, 0.1) is 6.92 Å². The van der Waals surface area contributed by atoms with Crippen LogP contribution >= 0.6 is 11.8 Å². The Bertz CT molecular complexity index is 383. The highest BCUT2D eigenvalue weighted by Crippen LogP contribution is 2.20. The van der Waals surface area contributed by atoms with Gasteiger partial charge in [-0.25, -0.2) is 15.8 Å². The lowest BCUT2D eigenvalue weighted by atomic mass is 10.2. The minimum Gasteiger partial charge on any atom is -0.369 e. The first-order valence-corrected chi connectivity index (χ1v) is 7.51. The number of anilines is 2. The number of hydrogen-bond donors (Lipinski definition) is 3. The van der Waals surface area contributed by atoms with Gasteiger partial charge in [0, 0.05) is 23.8 Å². The number of nitrogens with zero attached hydrogens (tertiary/aromatic N) is 2. The molecular weight excluding hydrogens is 246 g/mol. The zero-order chi connectivity index (χ0) is 13.5. The van der Waals surface area contributed by atoms with Crippen LogP contribution < -0.4 is 16.6 Å². The fraction of sp³-hybridized carbons (Fsp3) is 0.667. The fourth-order valence-corrected chi connectivity index (χ4v) is 1.78. The molecule has 1 rings (SSSR count). The van der Waals surface area contributed by atoms with Crippen LogP contribution in [0.15, 0.2) is 0 Å². The van der Waals surface area contributed by atoms with Crippen LogP contribution in [0.4, 0.5) is 11.6 Å². The zero-order valence-corrected chi connectivity index (χ0v) is 12.4. The molecule has 1 aromatic heterocycles. The van der Waals surface area contributed by atoms with Gasteiger partial charge in [-0.3, -0.25) is 0 Å². The number of thioether (sulfide) groups is 1. The van der Waals surface area contributed by atoms with E-state index in [1.54, 1.807) is 0 Å². The number of hydrazine groups is 1. The number of rotatable bonds is 7. The summed E-state index contributed by atoms with van der Waals surface area (Å²) in [5, 5.41) is 3.91. The minimum absolute atomic E-state index is 0.545. The van der Waals surface area contributed by atoms with Gasteiger partial charge < -0.3 is 10.7 Å². The molecule has 102 valence electrons. The molecule has 0 aliphatic rings. The molecule has 1 atom stereocenters. The van der Waals surface area contributed by atoms with Crippen LogP contribution in [-0.4, -0.2) is 28.0 Å². The lowest BCUT2D eigenvalue weighted by Gasteiger charge is -2.15. The zero-order valence-electron chi connectivity index (χ0n) is 11.6. The number of nitrogen functional groups attached to an aromatic ring is 1. The van der Waals surface area contributed by atoms with Gasteiger partial charge in [-0.1, -0.05) is 13.8 Å². The quantitative estimate of drug-likeness (QED) is 0.520. The van der Waals surface area contributed by atoms with Crippen molar-refractivity contribution in [1.82, 2.24) is 9.97 Å². The Balaban J connectivity index is 2.90. The van der Waals surface area contributed by atoms with Crippen LogP contribution in [0.5, 0.6) is 0 Å².